The van der Waals surface area contributed by atoms with Crippen LogP contribution < -0.4 is 0 Å². The fraction of sp³-hybridized carbons (Fsp3) is 0. The van der Waals surface area contributed by atoms with Crippen LogP contribution in [0.25, 0.3) is 0 Å². The number of hydrogen-bond donors (Lipinski definition) is 1. The number of nitrogens with zero attached hydrogens (tertiary/aromatic N) is 1. The summed E-state index contributed by atoms with van der Waals surface area (Å²) in [5.74, 6) is -2.46. The summed E-state index contributed by atoms with van der Waals surface area (Å²) in [6, 6.07) is 4.53. The molecule has 0 radical (unpaired) electrons. The zero-order valence-electron chi connectivity index (χ0n) is 5.52. The van der Waals surface area contributed by atoms with Gasteiger partial charge in [-0.25, -0.2) is 4.79 Å². The molecule has 4 nitrogen and oxygen atoms in total. The number of carbonyl (C=O) groups excluding carboxylic acids is 1. The highest BCUT2D eigenvalue weighted by Gasteiger charge is 2.14. The first-order valence-electron chi connectivity index (χ1n) is 2.90. The Labute approximate surface area is 62.5 Å². The van der Waals surface area contributed by atoms with Gasteiger partial charge in [0.25, 0.3) is 5.78 Å². The molecule has 56 valence electrons. The summed E-state index contributed by atoms with van der Waals surface area (Å²) in [7, 11) is 0. The first-order valence-corrected chi connectivity index (χ1v) is 2.90. The number of pyridine rings is 1. The molecule has 0 saturated heterocycles. The van der Waals surface area contributed by atoms with Crippen molar-refractivity contribution in [2.45, 2.75) is 0 Å². The van der Waals surface area contributed by atoms with Crippen molar-refractivity contribution < 1.29 is 14.7 Å². The maximum atomic E-state index is 10.7. The minimum absolute atomic E-state index is 0.0417. The van der Waals surface area contributed by atoms with E-state index in [1.54, 1.807) is 12.1 Å². The van der Waals surface area contributed by atoms with Crippen molar-refractivity contribution in [3.05, 3.63) is 30.1 Å². The van der Waals surface area contributed by atoms with Crippen LogP contribution >= 0.6 is 0 Å². The molecule has 1 aromatic heterocycles. The summed E-state index contributed by atoms with van der Waals surface area (Å²) < 4.78 is 0. The zero-order valence-corrected chi connectivity index (χ0v) is 5.52. The summed E-state index contributed by atoms with van der Waals surface area (Å²) >= 11 is 0. The molecule has 0 aromatic carbocycles. The van der Waals surface area contributed by atoms with Crippen LogP contribution in [0.5, 0.6) is 0 Å². The van der Waals surface area contributed by atoms with Gasteiger partial charge in [0.05, 0.1) is 0 Å². The Bertz CT molecular complexity index is 281. The van der Waals surface area contributed by atoms with Crippen LogP contribution in [-0.4, -0.2) is 21.8 Å². The second kappa shape index (κ2) is 2.92. The van der Waals surface area contributed by atoms with Gasteiger partial charge in [-0.15, -0.1) is 0 Å². The number of hydrogen-bond acceptors (Lipinski definition) is 3. The molecule has 0 saturated carbocycles. The predicted molar refractivity (Wildman–Crippen MR) is 36.2 cm³/mol. The third-order valence-electron chi connectivity index (χ3n) is 1.09. The van der Waals surface area contributed by atoms with Crippen molar-refractivity contribution in [2.24, 2.45) is 0 Å². The molecule has 4 heteroatoms. The number of ketones is 1. The summed E-state index contributed by atoms with van der Waals surface area (Å²) in [5.41, 5.74) is -0.0417. The topological polar surface area (TPSA) is 67.3 Å². The summed E-state index contributed by atoms with van der Waals surface area (Å²) in [5, 5.41) is 8.25. The van der Waals surface area contributed by atoms with E-state index in [9.17, 15) is 9.59 Å². The number of carbonyl (C=O) groups is 2. The number of aliphatic carboxylic acids is 1. The van der Waals surface area contributed by atoms with Crippen molar-refractivity contribution in [3.8, 4) is 0 Å². The van der Waals surface area contributed by atoms with Gasteiger partial charge >= 0.3 is 5.97 Å². The monoisotopic (exact) mass is 152 g/mol. The van der Waals surface area contributed by atoms with Crippen LogP contribution in [0.15, 0.2) is 24.4 Å². The molecule has 1 heterocycles. The van der Waals surface area contributed by atoms with Crippen LogP contribution in [0, 0.1) is 0 Å². The van der Waals surface area contributed by atoms with Gasteiger partial charge < -0.3 is 5.11 Å². The highest BCUT2D eigenvalue weighted by Crippen LogP contribution is 1.94. The first-order chi connectivity index (χ1) is 5.22. The molecule has 0 unspecified atom stereocenters. The average molecular weight is 152 g/mol. The standard InChI is InChI=1S/C7H5NO3/c9-6(7(10)11)5-3-1-2-4-8-5/h1-4H,(H,10,11)/i5+1. The smallest absolute Gasteiger partial charge is 0.378 e. The predicted octanol–water partition coefficient (Wildman–Crippen LogP) is 0.349. The van der Waals surface area contributed by atoms with Crippen molar-refractivity contribution in [1.82, 2.24) is 4.98 Å². The second-order valence-corrected chi connectivity index (χ2v) is 1.85. The lowest BCUT2D eigenvalue weighted by molar-refractivity contribution is -0.131. The number of carboxylic acids is 1. The van der Waals surface area contributed by atoms with Gasteiger partial charge in [0, 0.05) is 6.20 Å². The van der Waals surface area contributed by atoms with Crippen molar-refractivity contribution >= 4 is 11.8 Å². The molecule has 0 aliphatic carbocycles. The fourth-order valence-electron chi connectivity index (χ4n) is 0.607. The van der Waals surface area contributed by atoms with E-state index in [0.717, 1.165) is 0 Å². The summed E-state index contributed by atoms with van der Waals surface area (Å²) in [4.78, 5) is 24.4. The fourth-order valence-corrected chi connectivity index (χ4v) is 0.607. The Morgan fingerprint density at radius 3 is 2.55 bits per heavy atom. The van der Waals surface area contributed by atoms with Gasteiger partial charge in [0.2, 0.25) is 0 Å². The van der Waals surface area contributed by atoms with E-state index in [0.29, 0.717) is 0 Å². The van der Waals surface area contributed by atoms with Gasteiger partial charge in [-0.3, -0.25) is 9.78 Å². The number of aromatic nitrogens is 1. The lowest BCUT2D eigenvalue weighted by Crippen LogP contribution is -2.13. The summed E-state index contributed by atoms with van der Waals surface area (Å²) in [6.07, 6.45) is 1.37. The molecule has 11 heavy (non-hydrogen) atoms. The number of rotatable bonds is 2. The minimum atomic E-state index is -1.48. The molecule has 0 fully saturated rings. The molecule has 0 amide bonds. The second-order valence-electron chi connectivity index (χ2n) is 1.85. The SMILES string of the molecule is O=C(O)C(=O)[13c]1ccccn1. The number of Topliss-reactive ketones (excluding diaryl/α,β-unsaturated/α-hetero) is 1. The molecule has 1 N–H and O–H groups in total. The van der Waals surface area contributed by atoms with Gasteiger partial charge in [-0.05, 0) is 12.1 Å². The van der Waals surface area contributed by atoms with E-state index in [2.05, 4.69) is 4.98 Å². The van der Waals surface area contributed by atoms with Crippen molar-refractivity contribution in [3.63, 3.8) is 0 Å². The van der Waals surface area contributed by atoms with Gasteiger partial charge in [-0.1, -0.05) is 6.07 Å². The normalized spacial score (nSPS) is 9.09. The highest BCUT2D eigenvalue weighted by atomic mass is 16.4. The third-order valence-corrected chi connectivity index (χ3v) is 1.09. The molecular formula is C7H5NO3. The van der Waals surface area contributed by atoms with E-state index in [1.807, 2.05) is 0 Å². The van der Waals surface area contributed by atoms with Crippen LogP contribution in [0.3, 0.4) is 0 Å². The lowest BCUT2D eigenvalue weighted by Gasteiger charge is -1.90. The lowest BCUT2D eigenvalue weighted by atomic mass is 10.4. The maximum Gasteiger partial charge on any atom is 0.378 e. The Hall–Kier alpha value is -1.71. The van der Waals surface area contributed by atoms with Crippen molar-refractivity contribution in [1.29, 1.82) is 0 Å². The Kier molecular flexibility index (Phi) is 1.96. The number of carboxylic acid groups (broad SMARTS) is 1. The first kappa shape index (κ1) is 7.40. The van der Waals surface area contributed by atoms with E-state index in [-0.39, 0.29) is 5.69 Å². The van der Waals surface area contributed by atoms with E-state index in [4.69, 9.17) is 5.11 Å². The zero-order chi connectivity index (χ0) is 8.27. The van der Waals surface area contributed by atoms with Crippen molar-refractivity contribution in [2.75, 3.05) is 0 Å². The van der Waals surface area contributed by atoms with Gasteiger partial charge in [0.15, 0.2) is 0 Å². The van der Waals surface area contributed by atoms with Crippen LogP contribution in [0.2, 0.25) is 0 Å². The average Bonchev–Trinajstić information content (AvgIpc) is 2.05. The third kappa shape index (κ3) is 1.61. The Balaban J connectivity index is 2.95. The van der Waals surface area contributed by atoms with E-state index in [1.165, 1.54) is 12.3 Å². The quantitative estimate of drug-likeness (QED) is 0.490. The largest absolute Gasteiger partial charge is 0.475 e. The molecule has 0 aliphatic heterocycles. The van der Waals surface area contributed by atoms with Gasteiger partial charge in [-0.2, -0.15) is 0 Å². The maximum absolute atomic E-state index is 10.7. The van der Waals surface area contributed by atoms with Crippen LogP contribution in [0.4, 0.5) is 0 Å². The molecule has 1 aromatic rings. The highest BCUT2D eigenvalue weighted by molar-refractivity contribution is 6.39. The molecule has 0 aliphatic rings. The molecular weight excluding hydrogens is 147 g/mol. The Morgan fingerprint density at radius 2 is 2.09 bits per heavy atom. The van der Waals surface area contributed by atoms with E-state index >= 15 is 0 Å². The Morgan fingerprint density at radius 1 is 1.36 bits per heavy atom. The minimum Gasteiger partial charge on any atom is -0.475 e. The van der Waals surface area contributed by atoms with Crippen LogP contribution in [-0.2, 0) is 4.79 Å². The molecule has 0 bridgehead atoms. The summed E-state index contributed by atoms with van der Waals surface area (Å²) in [6.45, 7) is 0. The molecule has 0 spiro atoms. The van der Waals surface area contributed by atoms with Crippen LogP contribution in [0.1, 0.15) is 10.5 Å². The van der Waals surface area contributed by atoms with E-state index < -0.39 is 11.8 Å². The van der Waals surface area contributed by atoms with Gasteiger partial charge in [0.1, 0.15) is 5.69 Å². The molecule has 1 rings (SSSR count). The molecule has 0 atom stereocenters.